The minimum atomic E-state index is -4.72. The molecule has 2 aromatic heterocycles. The number of aryl methyl sites for hydroxylation is 2. The molecule has 43 heavy (non-hydrogen) atoms. The third kappa shape index (κ3) is 5.12. The van der Waals surface area contributed by atoms with Crippen LogP contribution < -0.4 is 4.74 Å². The molecule has 2 aliphatic heterocycles. The number of sulfonamides is 1. The second kappa shape index (κ2) is 10.3. The first-order valence-corrected chi connectivity index (χ1v) is 14.8. The Labute approximate surface area is 244 Å². The summed E-state index contributed by atoms with van der Waals surface area (Å²) in [6.07, 6.45) is -3.89. The van der Waals surface area contributed by atoms with Crippen LogP contribution in [0.3, 0.4) is 0 Å². The van der Waals surface area contributed by atoms with Gasteiger partial charge in [-0.15, -0.1) is 10.2 Å². The molecule has 1 atom stereocenters. The van der Waals surface area contributed by atoms with E-state index in [1.165, 1.54) is 22.6 Å². The van der Waals surface area contributed by atoms with E-state index in [9.17, 15) is 31.5 Å². The van der Waals surface area contributed by atoms with Crippen molar-refractivity contribution >= 4 is 21.6 Å². The van der Waals surface area contributed by atoms with Gasteiger partial charge in [-0.25, -0.2) is 8.42 Å². The van der Waals surface area contributed by atoms with Crippen LogP contribution in [0.15, 0.2) is 59.6 Å². The number of hydrogen-bond acceptors (Lipinski definition) is 7. The molecule has 0 aliphatic carbocycles. The lowest BCUT2D eigenvalue weighted by Crippen LogP contribution is -2.60. The standard InChI is InChI=1S/C29H27F3N4O6S/c1-17-7-8-19(22(12-25(37)38)21-9-10-36-26(18(21)2)33-34-27(36)29(30,31)32)11-20(17)13-35-14-28(15-41-16-28)42-23-5-3-4-6-24(23)43(35,39)40/h3-11,22H,12-16H2,1-2H3,(H,37,38)/t22-/m0/s1. The topological polar surface area (TPSA) is 123 Å². The van der Waals surface area contributed by atoms with Crippen molar-refractivity contribution in [1.82, 2.24) is 18.9 Å². The van der Waals surface area contributed by atoms with Crippen LogP contribution in [0.1, 0.15) is 46.0 Å². The lowest BCUT2D eigenvalue weighted by atomic mass is 9.85. The summed E-state index contributed by atoms with van der Waals surface area (Å²) in [7, 11) is -3.98. The van der Waals surface area contributed by atoms with Crippen molar-refractivity contribution in [3.63, 3.8) is 0 Å². The molecule has 10 nitrogen and oxygen atoms in total. The number of hydrogen-bond donors (Lipinski definition) is 1. The summed E-state index contributed by atoms with van der Waals surface area (Å²) in [5, 5.41) is 16.8. The molecule has 0 unspecified atom stereocenters. The van der Waals surface area contributed by atoms with Gasteiger partial charge >= 0.3 is 12.1 Å². The van der Waals surface area contributed by atoms with Crippen LogP contribution in [0.5, 0.6) is 5.75 Å². The summed E-state index contributed by atoms with van der Waals surface area (Å²) in [6.45, 7) is 3.90. The Morgan fingerprint density at radius 1 is 1.12 bits per heavy atom. The molecule has 1 N–H and O–H groups in total. The lowest BCUT2D eigenvalue weighted by Gasteiger charge is -2.41. The third-order valence-electron chi connectivity index (χ3n) is 7.99. The van der Waals surface area contributed by atoms with Gasteiger partial charge in [-0.1, -0.05) is 30.3 Å². The van der Waals surface area contributed by atoms with E-state index in [2.05, 4.69) is 10.2 Å². The van der Waals surface area contributed by atoms with Gasteiger partial charge in [0.1, 0.15) is 10.6 Å². The highest BCUT2D eigenvalue weighted by molar-refractivity contribution is 7.89. The van der Waals surface area contributed by atoms with Crippen molar-refractivity contribution in [3.05, 3.63) is 88.4 Å². The maximum atomic E-state index is 13.8. The maximum absolute atomic E-state index is 13.8. The molecule has 14 heteroatoms. The smallest absolute Gasteiger partial charge is 0.452 e. The van der Waals surface area contributed by atoms with Crippen LogP contribution >= 0.6 is 0 Å². The zero-order valence-corrected chi connectivity index (χ0v) is 23.9. The average molecular weight is 617 g/mol. The Morgan fingerprint density at radius 3 is 2.53 bits per heavy atom. The van der Waals surface area contributed by atoms with Gasteiger partial charge in [0.2, 0.25) is 15.8 Å². The molecular weight excluding hydrogens is 589 g/mol. The number of alkyl halides is 3. The number of para-hydroxylation sites is 1. The van der Waals surface area contributed by atoms with Crippen molar-refractivity contribution < 1.29 is 41.0 Å². The highest BCUT2D eigenvalue weighted by Crippen LogP contribution is 2.39. The monoisotopic (exact) mass is 616 g/mol. The lowest BCUT2D eigenvalue weighted by molar-refractivity contribution is -0.165. The van der Waals surface area contributed by atoms with E-state index >= 15 is 0 Å². The van der Waals surface area contributed by atoms with Crippen molar-refractivity contribution in [1.29, 1.82) is 0 Å². The molecule has 4 heterocycles. The Balaban J connectivity index is 1.40. The third-order valence-corrected chi connectivity index (χ3v) is 9.82. The van der Waals surface area contributed by atoms with E-state index in [0.29, 0.717) is 22.3 Å². The fourth-order valence-corrected chi connectivity index (χ4v) is 7.30. The van der Waals surface area contributed by atoms with E-state index < -0.39 is 39.5 Å². The Morgan fingerprint density at radius 2 is 1.86 bits per heavy atom. The van der Waals surface area contributed by atoms with Gasteiger partial charge in [0.15, 0.2) is 11.2 Å². The number of carbonyl (C=O) groups is 1. The van der Waals surface area contributed by atoms with Crippen LogP contribution in [-0.2, 0) is 32.3 Å². The minimum absolute atomic E-state index is 0.0155. The molecule has 0 amide bonds. The first-order valence-electron chi connectivity index (χ1n) is 13.4. The summed E-state index contributed by atoms with van der Waals surface area (Å²) >= 11 is 0. The summed E-state index contributed by atoms with van der Waals surface area (Å²) in [5.74, 6) is -2.79. The van der Waals surface area contributed by atoms with Gasteiger partial charge in [0, 0.05) is 18.7 Å². The van der Waals surface area contributed by atoms with E-state index in [0.717, 1.165) is 9.96 Å². The van der Waals surface area contributed by atoms with Crippen LogP contribution in [0.25, 0.3) is 5.65 Å². The van der Waals surface area contributed by atoms with Crippen LogP contribution in [0.4, 0.5) is 13.2 Å². The second-order valence-corrected chi connectivity index (χ2v) is 12.9. The highest BCUT2D eigenvalue weighted by Gasteiger charge is 2.49. The number of aromatic nitrogens is 3. The average Bonchev–Trinajstić information content (AvgIpc) is 3.34. The zero-order valence-electron chi connectivity index (χ0n) is 23.1. The fraction of sp³-hybridized carbons (Fsp3) is 0.345. The number of carboxylic acids is 1. The Hall–Kier alpha value is -4.01. The molecule has 1 fully saturated rings. The SMILES string of the molecule is Cc1ccc([C@H](CC(=O)O)c2ccn3c(C(F)(F)F)nnc3c2C)cc1CN1CC2(COC2)Oc2ccccc2S1(=O)=O. The van der Waals surface area contributed by atoms with Gasteiger partial charge in [0.05, 0.1) is 26.2 Å². The van der Waals surface area contributed by atoms with Crippen molar-refractivity contribution in [3.8, 4) is 5.75 Å². The van der Waals surface area contributed by atoms with E-state index in [1.54, 1.807) is 43.3 Å². The van der Waals surface area contributed by atoms with E-state index in [-0.39, 0.29) is 49.0 Å². The number of ether oxygens (including phenoxy) is 2. The Kier molecular flexibility index (Phi) is 6.98. The maximum Gasteiger partial charge on any atom is 0.452 e. The number of pyridine rings is 1. The van der Waals surface area contributed by atoms with Crippen molar-refractivity contribution in [2.45, 2.75) is 49.4 Å². The van der Waals surface area contributed by atoms with E-state index in [1.807, 2.05) is 6.92 Å². The van der Waals surface area contributed by atoms with E-state index in [4.69, 9.17) is 9.47 Å². The highest BCUT2D eigenvalue weighted by atomic mass is 32.2. The normalized spacial score (nSPS) is 18.4. The second-order valence-electron chi connectivity index (χ2n) is 10.9. The molecular formula is C29H27F3N4O6S. The number of carboxylic acid groups (broad SMARTS) is 1. The predicted octanol–water partition coefficient (Wildman–Crippen LogP) is 4.32. The fourth-order valence-electron chi connectivity index (χ4n) is 5.70. The Bertz CT molecular complexity index is 1850. The number of rotatable bonds is 6. The van der Waals surface area contributed by atoms with Crippen LogP contribution in [0, 0.1) is 13.8 Å². The molecule has 0 bridgehead atoms. The van der Waals surface area contributed by atoms with Crippen LogP contribution in [0.2, 0.25) is 0 Å². The number of benzene rings is 2. The molecule has 2 aliphatic rings. The van der Waals surface area contributed by atoms with Crippen molar-refractivity contribution in [2.24, 2.45) is 0 Å². The van der Waals surface area contributed by atoms with Gasteiger partial charge in [-0.3, -0.25) is 9.20 Å². The van der Waals surface area contributed by atoms with Crippen molar-refractivity contribution in [2.75, 3.05) is 19.8 Å². The first kappa shape index (κ1) is 29.1. The molecule has 0 saturated carbocycles. The molecule has 226 valence electrons. The molecule has 6 rings (SSSR count). The summed E-state index contributed by atoms with van der Waals surface area (Å²) in [5.41, 5.74) is 1.95. The number of halogens is 3. The summed E-state index contributed by atoms with van der Waals surface area (Å²) in [4.78, 5) is 12.0. The van der Waals surface area contributed by atoms with Gasteiger partial charge in [-0.05, 0) is 59.9 Å². The first-order chi connectivity index (χ1) is 20.3. The zero-order chi connectivity index (χ0) is 30.7. The van der Waals surface area contributed by atoms with Gasteiger partial charge in [-0.2, -0.15) is 17.5 Å². The summed E-state index contributed by atoms with van der Waals surface area (Å²) < 4.78 is 81.7. The molecule has 2 aromatic carbocycles. The largest absolute Gasteiger partial charge is 0.481 e. The number of aliphatic carboxylic acids is 1. The molecule has 4 aromatic rings. The summed E-state index contributed by atoms with van der Waals surface area (Å²) in [6, 6.07) is 13.2. The quantitative estimate of drug-likeness (QED) is 0.340. The predicted molar refractivity (Wildman–Crippen MR) is 146 cm³/mol. The molecule has 0 radical (unpaired) electrons. The van der Waals surface area contributed by atoms with Crippen LogP contribution in [-0.4, -0.2) is 63.8 Å². The minimum Gasteiger partial charge on any atom is -0.481 e. The number of nitrogens with zero attached hydrogens (tertiary/aromatic N) is 4. The van der Waals surface area contributed by atoms with Gasteiger partial charge < -0.3 is 14.6 Å². The molecule has 1 spiro atoms. The van der Waals surface area contributed by atoms with Gasteiger partial charge in [0.25, 0.3) is 0 Å². The number of fused-ring (bicyclic) bond motifs is 2. The molecule has 1 saturated heterocycles.